The molecule has 0 fully saturated rings. The molecule has 2 N–H and O–H groups in total. The number of carboxylic acid groups (broad SMARTS) is 1. The monoisotopic (exact) mass is 299 g/mol. The van der Waals surface area contributed by atoms with E-state index < -0.39 is 17.9 Å². The van der Waals surface area contributed by atoms with E-state index in [1.807, 2.05) is 5.38 Å². The Bertz CT molecular complexity index is 661. The van der Waals surface area contributed by atoms with Crippen molar-refractivity contribution in [3.05, 3.63) is 28.5 Å². The van der Waals surface area contributed by atoms with Gasteiger partial charge in [0.15, 0.2) is 10.1 Å². The smallest absolute Gasteiger partial charge is 0.325 e. The first-order chi connectivity index (χ1) is 8.99. The number of aromatic nitrogens is 2. The number of nitrogens with one attached hydrogen (secondary N) is 1. The van der Waals surface area contributed by atoms with Gasteiger partial charge in [-0.15, -0.1) is 11.3 Å². The molecule has 19 heavy (non-hydrogen) atoms. The third kappa shape index (κ3) is 2.94. The van der Waals surface area contributed by atoms with Crippen molar-refractivity contribution in [2.45, 2.75) is 13.0 Å². The minimum atomic E-state index is -1.09. The number of nitrogens with zero attached hydrogens (tertiary/aromatic N) is 2. The van der Waals surface area contributed by atoms with Gasteiger partial charge in [0.25, 0.3) is 0 Å². The van der Waals surface area contributed by atoms with Crippen LogP contribution in [0.5, 0.6) is 0 Å². The molecule has 1 amide bonds. The lowest BCUT2D eigenvalue weighted by Gasteiger charge is -2.05. The maximum absolute atomic E-state index is 11.5. The highest BCUT2D eigenvalue weighted by atomic mass is 35.5. The number of rotatable bonds is 4. The summed E-state index contributed by atoms with van der Waals surface area (Å²) in [5.74, 6) is -1.60. The summed E-state index contributed by atoms with van der Waals surface area (Å²) in [4.78, 5) is 26.9. The lowest BCUT2D eigenvalue weighted by molar-refractivity contribution is -0.140. The van der Waals surface area contributed by atoms with Crippen LogP contribution in [0.25, 0.3) is 11.0 Å². The Morgan fingerprint density at radius 3 is 3.05 bits per heavy atom. The van der Waals surface area contributed by atoms with Crippen LogP contribution in [-0.2, 0) is 9.59 Å². The first kappa shape index (κ1) is 13.6. The summed E-state index contributed by atoms with van der Waals surface area (Å²) in [7, 11) is 0. The molecule has 6 nitrogen and oxygen atoms in total. The standard InChI is InChI=1S/C11H10ClN3O3S/c1-6(10(17)18)13-8(16)3-2-7-9(12)14-11-15(7)4-5-19-11/h2-6H,1H3,(H,13,16)(H,17,18)/b3-2+. The molecule has 2 aromatic heterocycles. The van der Waals surface area contributed by atoms with Gasteiger partial charge in [0.2, 0.25) is 5.91 Å². The molecule has 0 aliphatic heterocycles. The molecule has 8 heteroatoms. The molecule has 2 heterocycles. The fraction of sp³-hybridized carbons (Fsp3) is 0.182. The van der Waals surface area contributed by atoms with Crippen molar-refractivity contribution in [3.63, 3.8) is 0 Å². The van der Waals surface area contributed by atoms with Crippen molar-refractivity contribution >= 4 is 45.9 Å². The van der Waals surface area contributed by atoms with Crippen LogP contribution in [0.1, 0.15) is 12.6 Å². The Kier molecular flexibility index (Phi) is 3.87. The lowest BCUT2D eigenvalue weighted by Crippen LogP contribution is -2.37. The largest absolute Gasteiger partial charge is 0.480 e. The Hall–Kier alpha value is -1.86. The Morgan fingerprint density at radius 1 is 1.63 bits per heavy atom. The molecule has 1 atom stereocenters. The van der Waals surface area contributed by atoms with Crippen molar-refractivity contribution in [2.24, 2.45) is 0 Å². The van der Waals surface area contributed by atoms with Crippen molar-refractivity contribution in [1.29, 1.82) is 0 Å². The van der Waals surface area contributed by atoms with E-state index in [-0.39, 0.29) is 0 Å². The molecular weight excluding hydrogens is 290 g/mol. The number of amides is 1. The maximum atomic E-state index is 11.5. The minimum absolute atomic E-state index is 0.294. The SMILES string of the molecule is CC(NC(=O)/C=C/c1c(Cl)nc2sccn12)C(=O)O. The minimum Gasteiger partial charge on any atom is -0.480 e. The highest BCUT2D eigenvalue weighted by Crippen LogP contribution is 2.22. The Balaban J connectivity index is 2.14. The second-order valence-corrected chi connectivity index (χ2v) is 4.98. The predicted octanol–water partition coefficient (Wildman–Crippen LogP) is 1.65. The van der Waals surface area contributed by atoms with Gasteiger partial charge in [-0.1, -0.05) is 11.6 Å². The number of fused-ring (bicyclic) bond motifs is 1. The van der Waals surface area contributed by atoms with Crippen LogP contribution in [0.2, 0.25) is 5.15 Å². The van der Waals surface area contributed by atoms with Crippen LogP contribution >= 0.6 is 22.9 Å². The molecule has 100 valence electrons. The molecule has 2 rings (SSSR count). The lowest BCUT2D eigenvalue weighted by atomic mass is 10.3. The molecule has 0 aliphatic carbocycles. The van der Waals surface area contributed by atoms with E-state index in [2.05, 4.69) is 10.3 Å². The first-order valence-corrected chi connectivity index (χ1v) is 6.57. The van der Waals surface area contributed by atoms with Gasteiger partial charge in [0.1, 0.15) is 6.04 Å². The van der Waals surface area contributed by atoms with Gasteiger partial charge >= 0.3 is 5.97 Å². The zero-order chi connectivity index (χ0) is 14.0. The molecule has 0 aliphatic rings. The summed E-state index contributed by atoms with van der Waals surface area (Å²) in [6.07, 6.45) is 4.52. The highest BCUT2D eigenvalue weighted by molar-refractivity contribution is 7.15. The van der Waals surface area contributed by atoms with Gasteiger partial charge in [-0.3, -0.25) is 14.0 Å². The molecule has 0 saturated carbocycles. The van der Waals surface area contributed by atoms with Crippen LogP contribution in [0, 0.1) is 0 Å². The number of carbonyl (C=O) groups is 2. The molecule has 0 aromatic carbocycles. The third-order valence-corrected chi connectivity index (χ3v) is 3.41. The van der Waals surface area contributed by atoms with Crippen LogP contribution in [-0.4, -0.2) is 32.4 Å². The van der Waals surface area contributed by atoms with E-state index in [0.29, 0.717) is 10.8 Å². The molecule has 2 aromatic rings. The number of imidazole rings is 1. The summed E-state index contributed by atoms with van der Waals surface area (Å²) < 4.78 is 1.75. The predicted molar refractivity (Wildman–Crippen MR) is 72.4 cm³/mol. The topological polar surface area (TPSA) is 83.7 Å². The average molecular weight is 300 g/mol. The number of hydrogen-bond acceptors (Lipinski definition) is 4. The average Bonchev–Trinajstić information content (AvgIpc) is 2.87. The maximum Gasteiger partial charge on any atom is 0.325 e. The molecule has 0 radical (unpaired) electrons. The fourth-order valence-electron chi connectivity index (χ4n) is 1.40. The van der Waals surface area contributed by atoms with E-state index >= 15 is 0 Å². The van der Waals surface area contributed by atoms with Gasteiger partial charge in [-0.05, 0) is 13.0 Å². The summed E-state index contributed by atoms with van der Waals surface area (Å²) >= 11 is 7.37. The Morgan fingerprint density at radius 2 is 2.37 bits per heavy atom. The number of carboxylic acids is 1. The van der Waals surface area contributed by atoms with Crippen molar-refractivity contribution in [1.82, 2.24) is 14.7 Å². The van der Waals surface area contributed by atoms with Gasteiger partial charge in [0.05, 0.1) is 5.69 Å². The van der Waals surface area contributed by atoms with Gasteiger partial charge < -0.3 is 10.4 Å². The highest BCUT2D eigenvalue weighted by Gasteiger charge is 2.13. The van der Waals surface area contributed by atoms with E-state index in [0.717, 1.165) is 4.96 Å². The van der Waals surface area contributed by atoms with Gasteiger partial charge in [-0.2, -0.15) is 0 Å². The van der Waals surface area contributed by atoms with Crippen molar-refractivity contribution in [3.8, 4) is 0 Å². The number of hydrogen-bond donors (Lipinski definition) is 2. The summed E-state index contributed by atoms with van der Waals surface area (Å²) in [5, 5.41) is 13.1. The molecular formula is C11H10ClN3O3S. The van der Waals surface area contributed by atoms with Crippen LogP contribution in [0.4, 0.5) is 0 Å². The first-order valence-electron chi connectivity index (χ1n) is 5.31. The second kappa shape index (κ2) is 5.41. The van der Waals surface area contributed by atoms with Gasteiger partial charge in [0, 0.05) is 17.7 Å². The fourth-order valence-corrected chi connectivity index (χ4v) is 2.41. The van der Waals surface area contributed by atoms with E-state index in [1.54, 1.807) is 10.6 Å². The normalized spacial score (nSPS) is 12.9. The number of aliphatic carboxylic acids is 1. The van der Waals surface area contributed by atoms with Crippen LogP contribution in [0.3, 0.4) is 0 Å². The summed E-state index contributed by atoms with van der Waals surface area (Å²) in [6, 6.07) is -0.945. The number of thiazole rings is 1. The van der Waals surface area contributed by atoms with Crippen molar-refractivity contribution in [2.75, 3.05) is 0 Å². The summed E-state index contributed by atoms with van der Waals surface area (Å²) in [6.45, 7) is 1.39. The molecule has 0 saturated heterocycles. The Labute approximate surface area is 117 Å². The number of halogens is 1. The van der Waals surface area contributed by atoms with Crippen LogP contribution < -0.4 is 5.32 Å². The molecule has 1 unspecified atom stereocenters. The van der Waals surface area contributed by atoms with E-state index in [1.165, 1.54) is 30.4 Å². The van der Waals surface area contributed by atoms with Crippen LogP contribution in [0.15, 0.2) is 17.7 Å². The quantitative estimate of drug-likeness (QED) is 0.841. The van der Waals surface area contributed by atoms with Gasteiger partial charge in [-0.25, -0.2) is 4.98 Å². The molecule has 0 bridgehead atoms. The third-order valence-electron chi connectivity index (χ3n) is 2.38. The zero-order valence-corrected chi connectivity index (χ0v) is 11.4. The molecule has 0 spiro atoms. The zero-order valence-electron chi connectivity index (χ0n) is 9.83. The van der Waals surface area contributed by atoms with Crippen molar-refractivity contribution < 1.29 is 14.7 Å². The van der Waals surface area contributed by atoms with E-state index in [9.17, 15) is 9.59 Å². The number of carbonyl (C=O) groups excluding carboxylic acids is 1. The summed E-state index contributed by atoms with van der Waals surface area (Å²) in [5.41, 5.74) is 0.580. The second-order valence-electron chi connectivity index (χ2n) is 3.75. The van der Waals surface area contributed by atoms with E-state index in [4.69, 9.17) is 16.7 Å².